The number of hydrogen-bond donors (Lipinski definition) is 1. The summed E-state index contributed by atoms with van der Waals surface area (Å²) in [5.74, 6) is 0.914. The highest BCUT2D eigenvalue weighted by Crippen LogP contribution is 2.44. The topological polar surface area (TPSA) is 12.0 Å². The molecule has 2 aliphatic rings. The van der Waals surface area contributed by atoms with Crippen LogP contribution in [0.5, 0.6) is 0 Å². The predicted octanol–water partition coefficient (Wildman–Crippen LogP) is 4.84. The third kappa shape index (κ3) is 2.63. The summed E-state index contributed by atoms with van der Waals surface area (Å²) in [4.78, 5) is 0. The number of rotatable bonds is 3. The highest BCUT2D eigenvalue weighted by atomic mass is 32.2. The quantitative estimate of drug-likeness (QED) is 0.850. The zero-order valence-electron chi connectivity index (χ0n) is 11.3. The normalized spacial score (nSPS) is 30.3. The second-order valence-electron chi connectivity index (χ2n) is 5.88. The predicted molar refractivity (Wildman–Crippen MR) is 81.6 cm³/mol. The first-order valence-corrected chi connectivity index (χ1v) is 9.00. The molecule has 1 saturated carbocycles. The number of hydrogen-bond acceptors (Lipinski definition) is 3. The molecule has 3 rings (SSSR count). The first-order valence-electron chi connectivity index (χ1n) is 7.24. The van der Waals surface area contributed by atoms with Gasteiger partial charge >= 0.3 is 0 Å². The lowest BCUT2D eigenvalue weighted by molar-refractivity contribution is 0.331. The SMILES string of the molecule is CC(NC1C[C@H](C)Sc2sccc21)C1CCCC1. The van der Waals surface area contributed by atoms with Crippen LogP contribution >= 0.6 is 23.1 Å². The fourth-order valence-corrected chi connectivity index (χ4v) is 5.98. The maximum absolute atomic E-state index is 3.93. The van der Waals surface area contributed by atoms with E-state index in [-0.39, 0.29) is 0 Å². The van der Waals surface area contributed by atoms with Gasteiger partial charge in [-0.1, -0.05) is 19.8 Å². The average Bonchev–Trinajstić information content (AvgIpc) is 2.98. The van der Waals surface area contributed by atoms with Crippen molar-refractivity contribution in [1.82, 2.24) is 5.32 Å². The number of thiophene rings is 1. The third-order valence-corrected chi connectivity index (χ3v) is 6.82. The Hall–Kier alpha value is 0.0100. The smallest absolute Gasteiger partial charge is 0.0649 e. The Morgan fingerprint density at radius 3 is 2.89 bits per heavy atom. The molecule has 0 saturated heterocycles. The molecule has 100 valence electrons. The van der Waals surface area contributed by atoms with Gasteiger partial charge in [0.15, 0.2) is 0 Å². The number of nitrogens with one attached hydrogen (secondary N) is 1. The Labute approximate surface area is 119 Å². The van der Waals surface area contributed by atoms with Crippen molar-refractivity contribution in [2.75, 3.05) is 0 Å². The Morgan fingerprint density at radius 2 is 2.11 bits per heavy atom. The van der Waals surface area contributed by atoms with Gasteiger partial charge in [-0.05, 0) is 49.1 Å². The van der Waals surface area contributed by atoms with Crippen LogP contribution in [0, 0.1) is 5.92 Å². The fraction of sp³-hybridized carbons (Fsp3) is 0.733. The summed E-state index contributed by atoms with van der Waals surface area (Å²) in [5.41, 5.74) is 1.56. The van der Waals surface area contributed by atoms with E-state index in [1.54, 1.807) is 9.77 Å². The van der Waals surface area contributed by atoms with Crippen LogP contribution in [0.15, 0.2) is 15.7 Å². The van der Waals surface area contributed by atoms with Crippen LogP contribution < -0.4 is 5.32 Å². The van der Waals surface area contributed by atoms with Gasteiger partial charge in [-0.15, -0.1) is 23.1 Å². The largest absolute Gasteiger partial charge is 0.307 e. The Balaban J connectivity index is 1.69. The van der Waals surface area contributed by atoms with E-state index < -0.39 is 0 Å². The molecule has 3 heteroatoms. The second kappa shape index (κ2) is 5.56. The zero-order chi connectivity index (χ0) is 12.5. The van der Waals surface area contributed by atoms with Crippen LogP contribution in [0.2, 0.25) is 0 Å². The van der Waals surface area contributed by atoms with Gasteiger partial charge in [-0.3, -0.25) is 0 Å². The van der Waals surface area contributed by atoms with E-state index in [1.165, 1.54) is 32.1 Å². The molecule has 1 aliphatic heterocycles. The van der Waals surface area contributed by atoms with Crippen LogP contribution in [0.4, 0.5) is 0 Å². The molecular formula is C15H23NS2. The number of fused-ring (bicyclic) bond motifs is 1. The summed E-state index contributed by atoms with van der Waals surface area (Å²) in [6.45, 7) is 4.76. The van der Waals surface area contributed by atoms with Gasteiger partial charge in [-0.2, -0.15) is 0 Å². The Kier molecular flexibility index (Phi) is 4.02. The van der Waals surface area contributed by atoms with E-state index in [1.807, 2.05) is 11.3 Å². The second-order valence-corrected chi connectivity index (χ2v) is 8.50. The van der Waals surface area contributed by atoms with Gasteiger partial charge < -0.3 is 5.32 Å². The molecule has 1 nitrogen and oxygen atoms in total. The maximum atomic E-state index is 3.93. The lowest BCUT2D eigenvalue weighted by atomic mass is 9.96. The van der Waals surface area contributed by atoms with Crippen LogP contribution in [0.25, 0.3) is 0 Å². The van der Waals surface area contributed by atoms with E-state index in [0.717, 1.165) is 11.2 Å². The van der Waals surface area contributed by atoms with Gasteiger partial charge in [0.2, 0.25) is 0 Å². The van der Waals surface area contributed by atoms with E-state index in [2.05, 4.69) is 42.4 Å². The lowest BCUT2D eigenvalue weighted by Gasteiger charge is -2.32. The van der Waals surface area contributed by atoms with Crippen molar-refractivity contribution < 1.29 is 0 Å². The minimum atomic E-state index is 0.595. The molecule has 0 bridgehead atoms. The number of thioether (sulfide) groups is 1. The first kappa shape index (κ1) is 13.0. The molecule has 18 heavy (non-hydrogen) atoms. The molecule has 1 aromatic heterocycles. The molecule has 0 aromatic carbocycles. The van der Waals surface area contributed by atoms with Crippen molar-refractivity contribution in [3.05, 3.63) is 17.0 Å². The van der Waals surface area contributed by atoms with Crippen molar-refractivity contribution in [2.24, 2.45) is 5.92 Å². The summed E-state index contributed by atoms with van der Waals surface area (Å²) < 4.78 is 1.55. The molecule has 0 radical (unpaired) electrons. The highest BCUT2D eigenvalue weighted by molar-refractivity contribution is 8.01. The summed E-state index contributed by atoms with van der Waals surface area (Å²) in [7, 11) is 0. The van der Waals surface area contributed by atoms with Crippen molar-refractivity contribution in [3.63, 3.8) is 0 Å². The van der Waals surface area contributed by atoms with Gasteiger partial charge in [0.05, 0.1) is 4.21 Å². The molecule has 1 fully saturated rings. The van der Waals surface area contributed by atoms with Crippen LogP contribution in [0.1, 0.15) is 57.6 Å². The minimum Gasteiger partial charge on any atom is -0.307 e. The minimum absolute atomic E-state index is 0.595. The highest BCUT2D eigenvalue weighted by Gasteiger charge is 2.29. The van der Waals surface area contributed by atoms with Gasteiger partial charge in [0.25, 0.3) is 0 Å². The van der Waals surface area contributed by atoms with Gasteiger partial charge in [0, 0.05) is 17.3 Å². The first-order chi connectivity index (χ1) is 8.74. The Morgan fingerprint density at radius 1 is 1.33 bits per heavy atom. The molecular weight excluding hydrogens is 258 g/mol. The zero-order valence-corrected chi connectivity index (χ0v) is 12.9. The monoisotopic (exact) mass is 281 g/mol. The van der Waals surface area contributed by atoms with E-state index in [0.29, 0.717) is 12.1 Å². The summed E-state index contributed by atoms with van der Waals surface area (Å²) in [6, 6.07) is 3.61. The van der Waals surface area contributed by atoms with Crippen molar-refractivity contribution in [1.29, 1.82) is 0 Å². The van der Waals surface area contributed by atoms with Crippen molar-refractivity contribution in [2.45, 2.75) is 67.5 Å². The summed E-state index contributed by atoms with van der Waals surface area (Å²) >= 11 is 3.98. The maximum Gasteiger partial charge on any atom is 0.0649 e. The van der Waals surface area contributed by atoms with Gasteiger partial charge in [0.1, 0.15) is 0 Å². The average molecular weight is 281 g/mol. The van der Waals surface area contributed by atoms with E-state index in [4.69, 9.17) is 0 Å². The standard InChI is InChI=1S/C15H23NS2/c1-10-9-14(13-7-8-17-15(13)18-10)16-11(2)12-5-3-4-6-12/h7-8,10-12,14,16H,3-6,9H2,1-2H3/t10-,11?,14?/m0/s1. The molecule has 1 N–H and O–H groups in total. The molecule has 2 heterocycles. The fourth-order valence-electron chi connectivity index (χ4n) is 3.42. The van der Waals surface area contributed by atoms with E-state index in [9.17, 15) is 0 Å². The van der Waals surface area contributed by atoms with Crippen LogP contribution in [0.3, 0.4) is 0 Å². The molecule has 1 aromatic rings. The lowest BCUT2D eigenvalue weighted by Crippen LogP contribution is -2.37. The molecule has 0 amide bonds. The Bertz CT molecular complexity index is 395. The molecule has 3 atom stereocenters. The summed E-state index contributed by atoms with van der Waals surface area (Å²) in [5, 5.41) is 6.94. The van der Waals surface area contributed by atoms with E-state index >= 15 is 0 Å². The van der Waals surface area contributed by atoms with Crippen LogP contribution in [-0.2, 0) is 0 Å². The summed E-state index contributed by atoms with van der Waals surface area (Å²) in [6.07, 6.45) is 7.03. The van der Waals surface area contributed by atoms with Crippen molar-refractivity contribution in [3.8, 4) is 0 Å². The third-order valence-electron chi connectivity index (χ3n) is 4.48. The molecule has 0 spiro atoms. The molecule has 2 unspecified atom stereocenters. The van der Waals surface area contributed by atoms with Crippen LogP contribution in [-0.4, -0.2) is 11.3 Å². The van der Waals surface area contributed by atoms with Gasteiger partial charge in [-0.25, -0.2) is 0 Å². The molecule has 1 aliphatic carbocycles. The van der Waals surface area contributed by atoms with Crippen molar-refractivity contribution >= 4 is 23.1 Å².